The average molecular weight is 491 g/mol. The van der Waals surface area contributed by atoms with Crippen LogP contribution >= 0.6 is 0 Å². The van der Waals surface area contributed by atoms with Gasteiger partial charge in [0.1, 0.15) is 17.0 Å². The number of amides is 2. The fraction of sp³-hybridized carbons (Fsp3) is 0.333. The van der Waals surface area contributed by atoms with E-state index in [1.807, 2.05) is 55.5 Å². The Hall–Kier alpha value is -4.14. The SMILES string of the molecule is CCOC(=O)c1cc2n(n1)C[C@@](C)(C(=O)NCc1ccc(C)cc1)N(Cc1ccccc1OC)C2=O. The Morgan fingerprint density at radius 2 is 1.86 bits per heavy atom. The Balaban J connectivity index is 1.69. The quantitative estimate of drug-likeness (QED) is 0.487. The minimum absolute atomic E-state index is 0.0294. The third-order valence-corrected chi connectivity index (χ3v) is 6.37. The first-order valence-corrected chi connectivity index (χ1v) is 11.8. The Kier molecular flexibility index (Phi) is 7.10. The van der Waals surface area contributed by atoms with Gasteiger partial charge in [-0.2, -0.15) is 5.10 Å². The molecule has 4 rings (SSSR count). The fourth-order valence-electron chi connectivity index (χ4n) is 4.28. The van der Waals surface area contributed by atoms with Gasteiger partial charge in [-0.25, -0.2) is 4.79 Å². The van der Waals surface area contributed by atoms with Crippen LogP contribution in [-0.2, 0) is 29.2 Å². The molecule has 2 amide bonds. The number of carbonyl (C=O) groups is 3. The number of ether oxygens (including phenoxy) is 2. The standard InChI is InChI=1S/C27H30N4O5/c1-5-36-25(33)21-14-22-24(32)30(16-20-8-6-7-9-23(20)35-4)27(3,17-31(22)29-21)26(34)28-15-19-12-10-18(2)11-13-19/h6-14H,5,15-17H2,1-4H3,(H,28,34)/t27-/m0/s1. The highest BCUT2D eigenvalue weighted by atomic mass is 16.5. The van der Waals surface area contributed by atoms with Gasteiger partial charge in [0, 0.05) is 18.2 Å². The van der Waals surface area contributed by atoms with E-state index >= 15 is 0 Å². The Morgan fingerprint density at radius 1 is 1.14 bits per heavy atom. The summed E-state index contributed by atoms with van der Waals surface area (Å²) >= 11 is 0. The summed E-state index contributed by atoms with van der Waals surface area (Å²) in [5.74, 6) is -0.749. The van der Waals surface area contributed by atoms with E-state index in [1.54, 1.807) is 21.0 Å². The minimum Gasteiger partial charge on any atom is -0.496 e. The van der Waals surface area contributed by atoms with Crippen LogP contribution in [0.5, 0.6) is 5.75 Å². The van der Waals surface area contributed by atoms with Crippen molar-refractivity contribution in [3.8, 4) is 5.75 Å². The van der Waals surface area contributed by atoms with E-state index in [-0.39, 0.29) is 37.0 Å². The Bertz CT molecular complexity index is 1280. The van der Waals surface area contributed by atoms with Crippen molar-refractivity contribution in [2.75, 3.05) is 13.7 Å². The Labute approximate surface area is 210 Å². The molecule has 0 saturated carbocycles. The van der Waals surface area contributed by atoms with Crippen molar-refractivity contribution in [2.45, 2.75) is 45.9 Å². The lowest BCUT2D eigenvalue weighted by Crippen LogP contribution is -2.63. The van der Waals surface area contributed by atoms with E-state index in [1.165, 1.54) is 15.6 Å². The molecule has 2 aromatic carbocycles. The predicted octanol–water partition coefficient (Wildman–Crippen LogP) is 3.11. The first-order chi connectivity index (χ1) is 17.3. The molecule has 0 radical (unpaired) electrons. The number of aromatic nitrogens is 2. The van der Waals surface area contributed by atoms with Gasteiger partial charge in [0.15, 0.2) is 5.69 Å². The number of hydrogen-bond acceptors (Lipinski definition) is 6. The molecule has 0 saturated heterocycles. The normalized spacial score (nSPS) is 16.9. The summed E-state index contributed by atoms with van der Waals surface area (Å²) in [5, 5.41) is 7.27. The topological polar surface area (TPSA) is 103 Å². The van der Waals surface area contributed by atoms with Crippen molar-refractivity contribution >= 4 is 17.8 Å². The third kappa shape index (κ3) is 4.82. The summed E-state index contributed by atoms with van der Waals surface area (Å²) in [5.41, 5.74) is 1.79. The lowest BCUT2D eigenvalue weighted by atomic mass is 9.93. The second-order valence-corrected chi connectivity index (χ2v) is 8.94. The molecule has 1 N–H and O–H groups in total. The number of carbonyl (C=O) groups excluding carboxylic acids is 3. The predicted molar refractivity (Wildman–Crippen MR) is 132 cm³/mol. The molecule has 0 aliphatic carbocycles. The van der Waals surface area contributed by atoms with Crippen molar-refractivity contribution < 1.29 is 23.9 Å². The summed E-state index contributed by atoms with van der Waals surface area (Å²) in [6.07, 6.45) is 0. The summed E-state index contributed by atoms with van der Waals surface area (Å²) in [4.78, 5) is 41.2. The number of hydrogen-bond donors (Lipinski definition) is 1. The van der Waals surface area contributed by atoms with Crippen LogP contribution in [0.3, 0.4) is 0 Å². The van der Waals surface area contributed by atoms with Crippen molar-refractivity contribution in [3.63, 3.8) is 0 Å². The summed E-state index contributed by atoms with van der Waals surface area (Å²) in [7, 11) is 1.56. The van der Waals surface area contributed by atoms with Gasteiger partial charge < -0.3 is 19.7 Å². The van der Waals surface area contributed by atoms with Crippen molar-refractivity contribution in [3.05, 3.63) is 82.7 Å². The van der Waals surface area contributed by atoms with Crippen LogP contribution in [0.25, 0.3) is 0 Å². The monoisotopic (exact) mass is 490 g/mol. The number of fused-ring (bicyclic) bond motifs is 1. The van der Waals surface area contributed by atoms with E-state index in [0.29, 0.717) is 12.3 Å². The van der Waals surface area contributed by atoms with Crippen LogP contribution in [0.2, 0.25) is 0 Å². The summed E-state index contributed by atoms with van der Waals surface area (Å²) in [6.45, 7) is 6.11. The van der Waals surface area contributed by atoms with E-state index in [4.69, 9.17) is 9.47 Å². The van der Waals surface area contributed by atoms with E-state index < -0.39 is 17.4 Å². The number of aryl methyl sites for hydroxylation is 1. The van der Waals surface area contributed by atoms with E-state index in [9.17, 15) is 14.4 Å². The number of rotatable bonds is 8. The second-order valence-electron chi connectivity index (χ2n) is 8.94. The van der Waals surface area contributed by atoms with Crippen LogP contribution in [-0.4, -0.2) is 51.7 Å². The molecule has 1 atom stereocenters. The van der Waals surface area contributed by atoms with Crippen LogP contribution < -0.4 is 10.1 Å². The molecule has 2 heterocycles. The van der Waals surface area contributed by atoms with Gasteiger partial charge in [0.25, 0.3) is 5.91 Å². The molecule has 1 aromatic heterocycles. The molecule has 1 aliphatic rings. The molecular formula is C27H30N4O5. The maximum Gasteiger partial charge on any atom is 0.358 e. The lowest BCUT2D eigenvalue weighted by Gasteiger charge is -2.43. The largest absolute Gasteiger partial charge is 0.496 e. The van der Waals surface area contributed by atoms with Gasteiger partial charge in [-0.05, 0) is 32.4 Å². The third-order valence-electron chi connectivity index (χ3n) is 6.37. The van der Waals surface area contributed by atoms with Gasteiger partial charge in [0.2, 0.25) is 5.91 Å². The number of nitrogens with one attached hydrogen (secondary N) is 1. The fourth-order valence-corrected chi connectivity index (χ4v) is 4.28. The molecule has 36 heavy (non-hydrogen) atoms. The highest BCUT2D eigenvalue weighted by Crippen LogP contribution is 2.31. The number of benzene rings is 2. The van der Waals surface area contributed by atoms with Crippen molar-refractivity contribution in [1.29, 1.82) is 0 Å². The first-order valence-electron chi connectivity index (χ1n) is 11.8. The molecule has 3 aromatic rings. The number of nitrogens with zero attached hydrogens (tertiary/aromatic N) is 3. The van der Waals surface area contributed by atoms with Crippen molar-refractivity contribution in [2.24, 2.45) is 0 Å². The van der Waals surface area contributed by atoms with Crippen LogP contribution in [0.4, 0.5) is 0 Å². The maximum atomic E-state index is 13.7. The average Bonchev–Trinajstić information content (AvgIpc) is 3.30. The summed E-state index contributed by atoms with van der Waals surface area (Å²) in [6, 6.07) is 16.6. The molecule has 0 bridgehead atoms. The minimum atomic E-state index is -1.28. The molecule has 0 spiro atoms. The zero-order valence-electron chi connectivity index (χ0n) is 20.9. The molecular weight excluding hydrogens is 460 g/mol. The van der Waals surface area contributed by atoms with E-state index in [0.717, 1.165) is 16.7 Å². The lowest BCUT2D eigenvalue weighted by molar-refractivity contribution is -0.133. The summed E-state index contributed by atoms with van der Waals surface area (Å²) < 4.78 is 11.9. The van der Waals surface area contributed by atoms with Crippen LogP contribution in [0, 0.1) is 6.92 Å². The number of esters is 1. The van der Waals surface area contributed by atoms with Crippen molar-refractivity contribution in [1.82, 2.24) is 20.0 Å². The highest BCUT2D eigenvalue weighted by Gasteiger charge is 2.48. The molecule has 0 fully saturated rings. The van der Waals surface area contributed by atoms with Crippen LogP contribution in [0.1, 0.15) is 51.5 Å². The molecule has 9 nitrogen and oxygen atoms in total. The smallest absolute Gasteiger partial charge is 0.358 e. The van der Waals surface area contributed by atoms with Gasteiger partial charge in [-0.15, -0.1) is 0 Å². The Morgan fingerprint density at radius 3 is 2.56 bits per heavy atom. The van der Waals surface area contributed by atoms with E-state index in [2.05, 4.69) is 10.4 Å². The molecule has 1 aliphatic heterocycles. The molecule has 9 heteroatoms. The highest BCUT2D eigenvalue weighted by molar-refractivity contribution is 6.01. The molecule has 0 unspecified atom stereocenters. The van der Waals surface area contributed by atoms with Gasteiger partial charge in [-0.3, -0.25) is 14.3 Å². The number of para-hydroxylation sites is 1. The van der Waals surface area contributed by atoms with Gasteiger partial charge >= 0.3 is 5.97 Å². The maximum absolute atomic E-state index is 13.7. The van der Waals surface area contributed by atoms with Gasteiger partial charge in [-0.1, -0.05) is 48.0 Å². The first kappa shape index (κ1) is 25.0. The second kappa shape index (κ2) is 10.2. The number of methoxy groups -OCH3 is 1. The zero-order chi connectivity index (χ0) is 25.9. The van der Waals surface area contributed by atoms with Crippen LogP contribution in [0.15, 0.2) is 54.6 Å². The zero-order valence-corrected chi connectivity index (χ0v) is 20.9. The van der Waals surface area contributed by atoms with Gasteiger partial charge in [0.05, 0.1) is 26.8 Å². The molecule has 188 valence electrons.